The second-order valence-corrected chi connectivity index (χ2v) is 7.71. The number of fused-ring (bicyclic) bond motifs is 1. The van der Waals surface area contributed by atoms with Gasteiger partial charge in [-0.2, -0.15) is 4.98 Å². The molecule has 0 bridgehead atoms. The first-order valence-electron chi connectivity index (χ1n) is 7.95. The van der Waals surface area contributed by atoms with E-state index in [9.17, 15) is 0 Å². The average Bonchev–Trinajstić information content (AvgIpc) is 3.22. The summed E-state index contributed by atoms with van der Waals surface area (Å²) in [5.41, 5.74) is 6.97. The van der Waals surface area contributed by atoms with Crippen molar-refractivity contribution in [1.82, 2.24) is 9.97 Å². The van der Waals surface area contributed by atoms with Gasteiger partial charge in [0.1, 0.15) is 17.1 Å². The minimum atomic E-state index is 0.0542. The van der Waals surface area contributed by atoms with Crippen LogP contribution in [0, 0.1) is 0 Å². The molecular weight excluding hydrogens is 379 g/mol. The van der Waals surface area contributed by atoms with Gasteiger partial charge in [-0.15, -0.1) is 11.3 Å². The summed E-state index contributed by atoms with van der Waals surface area (Å²) in [4.78, 5) is 9.71. The largest absolute Gasteiger partial charge is 0.467 e. The minimum Gasteiger partial charge on any atom is -0.467 e. The number of anilines is 1. The van der Waals surface area contributed by atoms with E-state index >= 15 is 0 Å². The molecule has 0 saturated heterocycles. The molecule has 25 heavy (non-hydrogen) atoms. The number of hydrogen-bond acceptors (Lipinski definition) is 6. The van der Waals surface area contributed by atoms with Gasteiger partial charge in [0.2, 0.25) is 5.28 Å². The summed E-state index contributed by atoms with van der Waals surface area (Å²) in [5, 5.41) is 4.05. The van der Waals surface area contributed by atoms with E-state index in [2.05, 4.69) is 27.4 Å². The highest BCUT2D eigenvalue weighted by atomic mass is 35.5. The molecule has 130 valence electrons. The van der Waals surface area contributed by atoms with Crippen molar-refractivity contribution in [2.24, 2.45) is 5.73 Å². The summed E-state index contributed by atoms with van der Waals surface area (Å²) < 4.78 is 6.24. The van der Waals surface area contributed by atoms with Crippen LogP contribution in [0.4, 0.5) is 5.82 Å². The van der Waals surface area contributed by atoms with Crippen LogP contribution < -0.4 is 11.1 Å². The second kappa shape index (κ2) is 6.96. The molecule has 3 aromatic heterocycles. The smallest absolute Gasteiger partial charge is 0.225 e. The maximum Gasteiger partial charge on any atom is 0.225 e. The maximum atomic E-state index is 6.64. The van der Waals surface area contributed by atoms with Crippen molar-refractivity contribution in [3.05, 3.63) is 51.5 Å². The van der Waals surface area contributed by atoms with E-state index in [1.54, 1.807) is 17.6 Å². The van der Waals surface area contributed by atoms with Gasteiger partial charge in [0.15, 0.2) is 0 Å². The first kappa shape index (κ1) is 16.8. The molecule has 3 heterocycles. The van der Waals surface area contributed by atoms with E-state index in [4.69, 9.17) is 33.4 Å². The molecule has 0 aromatic carbocycles. The SMILES string of the molecule is N[C@H]1CC=CC[C@@H]1c1sc2c(NCc3ccco3)nc(Cl)nc2c1Cl. The van der Waals surface area contributed by atoms with Gasteiger partial charge in [0.25, 0.3) is 0 Å². The van der Waals surface area contributed by atoms with Gasteiger partial charge in [-0.3, -0.25) is 0 Å². The average molecular weight is 395 g/mol. The normalized spacial score (nSPS) is 20.3. The van der Waals surface area contributed by atoms with Crippen LogP contribution in [0.3, 0.4) is 0 Å². The van der Waals surface area contributed by atoms with Gasteiger partial charge < -0.3 is 15.5 Å². The molecule has 0 aliphatic heterocycles. The summed E-state index contributed by atoms with van der Waals surface area (Å²) in [7, 11) is 0. The van der Waals surface area contributed by atoms with Gasteiger partial charge >= 0.3 is 0 Å². The molecule has 4 rings (SSSR count). The van der Waals surface area contributed by atoms with E-state index in [0.29, 0.717) is 22.9 Å². The number of thiophene rings is 1. The highest BCUT2D eigenvalue weighted by molar-refractivity contribution is 7.20. The summed E-state index contributed by atoms with van der Waals surface area (Å²) in [6.45, 7) is 0.506. The zero-order valence-electron chi connectivity index (χ0n) is 13.2. The van der Waals surface area contributed by atoms with Crippen molar-refractivity contribution in [3.8, 4) is 0 Å². The molecule has 0 fully saturated rings. The molecule has 8 heteroatoms. The fraction of sp³-hybridized carbons (Fsp3) is 0.294. The van der Waals surface area contributed by atoms with E-state index in [1.807, 2.05) is 12.1 Å². The lowest BCUT2D eigenvalue weighted by Gasteiger charge is -2.24. The highest BCUT2D eigenvalue weighted by Crippen LogP contribution is 2.44. The van der Waals surface area contributed by atoms with Gasteiger partial charge in [-0.05, 0) is 36.6 Å². The molecule has 0 amide bonds. The van der Waals surface area contributed by atoms with Crippen LogP contribution in [-0.2, 0) is 6.54 Å². The molecular formula is C17H16Cl2N4OS. The number of nitrogens with one attached hydrogen (secondary N) is 1. The van der Waals surface area contributed by atoms with Gasteiger partial charge in [0, 0.05) is 16.8 Å². The summed E-state index contributed by atoms with van der Waals surface area (Å²) >= 11 is 14.3. The van der Waals surface area contributed by atoms with Crippen molar-refractivity contribution in [1.29, 1.82) is 0 Å². The maximum absolute atomic E-state index is 6.64. The van der Waals surface area contributed by atoms with Crippen LogP contribution in [0.5, 0.6) is 0 Å². The van der Waals surface area contributed by atoms with Crippen molar-refractivity contribution in [2.75, 3.05) is 5.32 Å². The van der Waals surface area contributed by atoms with Gasteiger partial charge in [-0.1, -0.05) is 23.8 Å². The Balaban J connectivity index is 1.73. The monoisotopic (exact) mass is 394 g/mol. The summed E-state index contributed by atoms with van der Waals surface area (Å²) in [5.74, 6) is 1.66. The number of aromatic nitrogens is 2. The number of allylic oxidation sites excluding steroid dienone is 1. The number of hydrogen-bond donors (Lipinski definition) is 2. The topological polar surface area (TPSA) is 77.0 Å². The lowest BCUT2D eigenvalue weighted by atomic mass is 9.88. The fourth-order valence-electron chi connectivity index (χ4n) is 3.02. The number of rotatable bonds is 4. The molecule has 5 nitrogen and oxygen atoms in total. The minimum absolute atomic E-state index is 0.0542. The predicted molar refractivity (Wildman–Crippen MR) is 103 cm³/mol. The lowest BCUT2D eigenvalue weighted by molar-refractivity contribution is 0.518. The summed E-state index contributed by atoms with van der Waals surface area (Å²) in [6.07, 6.45) is 7.64. The van der Waals surface area contributed by atoms with Crippen molar-refractivity contribution in [3.63, 3.8) is 0 Å². The van der Waals surface area contributed by atoms with E-state index < -0.39 is 0 Å². The van der Waals surface area contributed by atoms with E-state index in [1.165, 1.54) is 0 Å². The van der Waals surface area contributed by atoms with Crippen LogP contribution in [0.2, 0.25) is 10.3 Å². The summed E-state index contributed by atoms with van der Waals surface area (Å²) in [6, 6.07) is 3.80. The Kier molecular flexibility index (Phi) is 4.69. The van der Waals surface area contributed by atoms with Crippen molar-refractivity contribution < 1.29 is 4.42 Å². The van der Waals surface area contributed by atoms with E-state index in [-0.39, 0.29) is 17.2 Å². The first-order chi connectivity index (χ1) is 12.1. The third-order valence-electron chi connectivity index (χ3n) is 4.30. The molecule has 1 aliphatic rings. The van der Waals surface area contributed by atoms with Crippen LogP contribution in [0.25, 0.3) is 10.2 Å². The third-order valence-corrected chi connectivity index (χ3v) is 6.28. The molecule has 0 radical (unpaired) electrons. The molecule has 3 N–H and O–H groups in total. The number of furan rings is 1. The van der Waals surface area contributed by atoms with Crippen LogP contribution >= 0.6 is 34.5 Å². The molecule has 0 unspecified atom stereocenters. The lowest BCUT2D eigenvalue weighted by Crippen LogP contribution is -2.29. The van der Waals surface area contributed by atoms with E-state index in [0.717, 1.165) is 28.2 Å². The third kappa shape index (κ3) is 3.27. The Bertz CT molecular complexity index is 923. The Labute approximate surface area is 158 Å². The predicted octanol–water partition coefficient (Wildman–Crippen LogP) is 4.96. The zero-order valence-corrected chi connectivity index (χ0v) is 15.5. The Hall–Kier alpha value is -1.60. The Morgan fingerprint density at radius 3 is 2.88 bits per heavy atom. The highest BCUT2D eigenvalue weighted by Gasteiger charge is 2.27. The van der Waals surface area contributed by atoms with Gasteiger partial charge in [0.05, 0.1) is 22.5 Å². The Morgan fingerprint density at radius 1 is 1.28 bits per heavy atom. The van der Waals surface area contributed by atoms with Crippen molar-refractivity contribution >= 4 is 50.6 Å². The fourth-order valence-corrected chi connectivity index (χ4v) is 4.92. The standard InChI is InChI=1S/C17H16Cl2N4OS/c18-12-13-15(25-14(12)10-5-1-2-6-11(10)20)16(23-17(19)22-13)21-8-9-4-3-7-24-9/h1-4,7,10-11H,5-6,8,20H2,(H,21,22,23)/t10-,11-/m0/s1. The van der Waals surface area contributed by atoms with Crippen LogP contribution in [-0.4, -0.2) is 16.0 Å². The molecule has 0 spiro atoms. The quantitative estimate of drug-likeness (QED) is 0.482. The molecule has 2 atom stereocenters. The number of nitrogens with two attached hydrogens (primary N) is 1. The zero-order chi connectivity index (χ0) is 17.4. The number of nitrogens with zero attached hydrogens (tertiary/aromatic N) is 2. The Morgan fingerprint density at radius 2 is 2.12 bits per heavy atom. The van der Waals surface area contributed by atoms with Crippen LogP contribution in [0.1, 0.15) is 29.4 Å². The van der Waals surface area contributed by atoms with Crippen molar-refractivity contribution in [2.45, 2.75) is 31.3 Å². The second-order valence-electron chi connectivity index (χ2n) is 5.95. The molecule has 1 aliphatic carbocycles. The first-order valence-corrected chi connectivity index (χ1v) is 9.53. The van der Waals surface area contributed by atoms with Gasteiger partial charge in [-0.25, -0.2) is 4.98 Å². The molecule has 3 aromatic rings. The molecule has 0 saturated carbocycles. The van der Waals surface area contributed by atoms with Crippen LogP contribution in [0.15, 0.2) is 35.0 Å². The number of halogens is 2.